The Labute approximate surface area is 156 Å². The summed E-state index contributed by atoms with van der Waals surface area (Å²) in [6.07, 6.45) is -4.67. The van der Waals surface area contributed by atoms with Gasteiger partial charge in [-0.05, 0) is 38.1 Å². The van der Waals surface area contributed by atoms with Crippen LogP contribution < -0.4 is 10.1 Å². The average molecular weight is 390 g/mol. The summed E-state index contributed by atoms with van der Waals surface area (Å²) in [5, 5.41) is 13.3. The molecule has 1 saturated heterocycles. The fourth-order valence-electron chi connectivity index (χ4n) is 3.15. The Balaban J connectivity index is 1.94. The SMILES string of the molecule is COC1(C(=O)N(C)CC(O)COc2ccccc2C(F)(F)F)CCNCC1. The molecular weight excluding hydrogens is 365 g/mol. The van der Waals surface area contributed by atoms with Gasteiger partial charge in [-0.25, -0.2) is 0 Å². The highest BCUT2D eigenvalue weighted by Crippen LogP contribution is 2.35. The van der Waals surface area contributed by atoms with Gasteiger partial charge in [0.1, 0.15) is 24.1 Å². The van der Waals surface area contributed by atoms with E-state index in [0.29, 0.717) is 25.9 Å². The minimum absolute atomic E-state index is 0.0778. The highest BCUT2D eigenvalue weighted by molar-refractivity contribution is 5.85. The number of benzene rings is 1. The third-order valence-electron chi connectivity index (χ3n) is 4.65. The lowest BCUT2D eigenvalue weighted by atomic mass is 9.90. The minimum Gasteiger partial charge on any atom is -0.490 e. The first-order valence-corrected chi connectivity index (χ1v) is 8.68. The first-order chi connectivity index (χ1) is 12.7. The largest absolute Gasteiger partial charge is 0.490 e. The molecule has 152 valence electrons. The molecule has 1 aliphatic heterocycles. The van der Waals surface area contributed by atoms with E-state index >= 15 is 0 Å². The van der Waals surface area contributed by atoms with Crippen molar-refractivity contribution in [2.24, 2.45) is 0 Å². The van der Waals surface area contributed by atoms with E-state index in [1.807, 2.05) is 0 Å². The van der Waals surface area contributed by atoms with Crippen molar-refractivity contribution in [3.05, 3.63) is 29.8 Å². The maximum Gasteiger partial charge on any atom is 0.419 e. The van der Waals surface area contributed by atoms with Crippen molar-refractivity contribution >= 4 is 5.91 Å². The van der Waals surface area contributed by atoms with Crippen molar-refractivity contribution in [2.45, 2.75) is 30.7 Å². The Morgan fingerprint density at radius 2 is 1.96 bits per heavy atom. The summed E-state index contributed by atoms with van der Waals surface area (Å²) in [7, 11) is 3.00. The monoisotopic (exact) mass is 390 g/mol. The number of hydrogen-bond acceptors (Lipinski definition) is 5. The zero-order valence-electron chi connectivity index (χ0n) is 15.4. The van der Waals surface area contributed by atoms with Crippen molar-refractivity contribution in [1.82, 2.24) is 10.2 Å². The maximum absolute atomic E-state index is 13.0. The molecule has 1 aromatic carbocycles. The van der Waals surface area contributed by atoms with E-state index < -0.39 is 23.4 Å². The molecule has 2 rings (SSSR count). The average Bonchev–Trinajstić information content (AvgIpc) is 2.65. The number of nitrogens with one attached hydrogen (secondary N) is 1. The molecule has 0 saturated carbocycles. The number of nitrogens with zero attached hydrogens (tertiary/aromatic N) is 1. The molecule has 1 aromatic rings. The Bertz CT molecular complexity index is 633. The normalized spacial score (nSPS) is 18.0. The number of carbonyl (C=O) groups is 1. The van der Waals surface area contributed by atoms with Crippen LogP contribution in [0, 0.1) is 0 Å². The smallest absolute Gasteiger partial charge is 0.419 e. The second-order valence-electron chi connectivity index (χ2n) is 6.59. The van der Waals surface area contributed by atoms with Crippen molar-refractivity contribution in [3.63, 3.8) is 0 Å². The maximum atomic E-state index is 13.0. The number of aliphatic hydroxyl groups is 1. The Morgan fingerprint density at radius 1 is 1.33 bits per heavy atom. The van der Waals surface area contributed by atoms with E-state index in [-0.39, 0.29) is 24.8 Å². The summed E-state index contributed by atoms with van der Waals surface area (Å²) < 4.78 is 49.5. The van der Waals surface area contributed by atoms with Crippen LogP contribution in [0.5, 0.6) is 5.75 Å². The minimum atomic E-state index is -4.55. The molecule has 0 aliphatic carbocycles. The molecule has 1 fully saturated rings. The van der Waals surface area contributed by atoms with Gasteiger partial charge in [0.25, 0.3) is 5.91 Å². The van der Waals surface area contributed by atoms with Gasteiger partial charge >= 0.3 is 6.18 Å². The van der Waals surface area contributed by atoms with Crippen LogP contribution in [-0.2, 0) is 15.7 Å². The Morgan fingerprint density at radius 3 is 2.56 bits per heavy atom. The van der Waals surface area contributed by atoms with Crippen molar-refractivity contribution in [3.8, 4) is 5.75 Å². The molecule has 6 nitrogen and oxygen atoms in total. The van der Waals surface area contributed by atoms with Gasteiger partial charge in [0.15, 0.2) is 0 Å². The van der Waals surface area contributed by atoms with Crippen LogP contribution in [0.15, 0.2) is 24.3 Å². The van der Waals surface area contributed by atoms with E-state index in [4.69, 9.17) is 9.47 Å². The lowest BCUT2D eigenvalue weighted by Gasteiger charge is -2.38. The van der Waals surface area contributed by atoms with Crippen molar-refractivity contribution in [2.75, 3.05) is 40.4 Å². The third kappa shape index (κ3) is 5.33. The third-order valence-corrected chi connectivity index (χ3v) is 4.65. The lowest BCUT2D eigenvalue weighted by Crippen LogP contribution is -2.55. The number of para-hydroxylation sites is 1. The number of aliphatic hydroxyl groups excluding tert-OH is 1. The van der Waals surface area contributed by atoms with Crippen LogP contribution in [0.1, 0.15) is 18.4 Å². The van der Waals surface area contributed by atoms with Gasteiger partial charge in [0.2, 0.25) is 0 Å². The number of amides is 1. The number of ether oxygens (including phenoxy) is 2. The molecule has 1 unspecified atom stereocenters. The first-order valence-electron chi connectivity index (χ1n) is 8.68. The molecule has 0 bridgehead atoms. The topological polar surface area (TPSA) is 71.0 Å². The van der Waals surface area contributed by atoms with Crippen LogP contribution in [0.25, 0.3) is 0 Å². The number of carbonyl (C=O) groups excluding carboxylic acids is 1. The van der Waals surface area contributed by atoms with Gasteiger partial charge < -0.3 is 24.8 Å². The van der Waals surface area contributed by atoms with Gasteiger partial charge in [0, 0.05) is 20.7 Å². The molecule has 2 N–H and O–H groups in total. The van der Waals surface area contributed by atoms with Gasteiger partial charge in [-0.15, -0.1) is 0 Å². The number of alkyl halides is 3. The van der Waals surface area contributed by atoms with Gasteiger partial charge in [-0.3, -0.25) is 4.79 Å². The van der Waals surface area contributed by atoms with Crippen molar-refractivity contribution in [1.29, 1.82) is 0 Å². The number of piperidine rings is 1. The zero-order valence-corrected chi connectivity index (χ0v) is 15.4. The van der Waals surface area contributed by atoms with Crippen molar-refractivity contribution < 1.29 is 32.5 Å². The second-order valence-corrected chi connectivity index (χ2v) is 6.59. The van der Waals surface area contributed by atoms with E-state index in [0.717, 1.165) is 6.07 Å². The summed E-state index contributed by atoms with van der Waals surface area (Å²) in [4.78, 5) is 14.1. The quantitative estimate of drug-likeness (QED) is 0.741. The summed E-state index contributed by atoms with van der Waals surface area (Å²) in [5.74, 6) is -0.619. The fourth-order valence-corrected chi connectivity index (χ4v) is 3.15. The van der Waals surface area contributed by atoms with Gasteiger partial charge in [-0.1, -0.05) is 12.1 Å². The van der Waals surface area contributed by atoms with E-state index in [9.17, 15) is 23.1 Å². The zero-order chi connectivity index (χ0) is 20.1. The van der Waals surface area contributed by atoms with E-state index in [1.165, 1.54) is 37.3 Å². The van der Waals surface area contributed by atoms with Gasteiger partial charge in [0.05, 0.1) is 5.56 Å². The Hall–Kier alpha value is -1.84. The standard InChI is InChI=1S/C18H25F3N2O4/c1-23(16(25)17(26-2)7-9-22-10-8-17)11-13(24)12-27-15-6-4-3-5-14(15)18(19,20)21/h3-6,13,22,24H,7-12H2,1-2H3. The van der Waals surface area contributed by atoms with Crippen LogP contribution >= 0.6 is 0 Å². The van der Waals surface area contributed by atoms with E-state index in [2.05, 4.69) is 5.32 Å². The van der Waals surface area contributed by atoms with Crippen LogP contribution in [0.3, 0.4) is 0 Å². The van der Waals surface area contributed by atoms with Gasteiger partial charge in [-0.2, -0.15) is 13.2 Å². The predicted molar refractivity (Wildman–Crippen MR) is 92.4 cm³/mol. The summed E-state index contributed by atoms with van der Waals surface area (Å²) in [6, 6.07) is 4.80. The number of likely N-dealkylation sites (N-methyl/N-ethyl adjacent to an activating group) is 1. The summed E-state index contributed by atoms with van der Waals surface area (Å²) in [5.41, 5.74) is -1.85. The van der Waals surface area contributed by atoms with Crippen LogP contribution in [0.4, 0.5) is 13.2 Å². The Kier molecular flexibility index (Phi) is 7.07. The van der Waals surface area contributed by atoms with E-state index in [1.54, 1.807) is 0 Å². The number of rotatable bonds is 7. The number of halogens is 3. The molecule has 0 spiro atoms. The molecule has 1 heterocycles. The molecular formula is C18H25F3N2O4. The molecule has 0 radical (unpaired) electrons. The molecule has 0 aromatic heterocycles. The molecule has 27 heavy (non-hydrogen) atoms. The molecule has 1 atom stereocenters. The summed E-state index contributed by atoms with van der Waals surface area (Å²) in [6.45, 7) is 0.846. The predicted octanol–water partition coefficient (Wildman–Crippen LogP) is 1.67. The fraction of sp³-hybridized carbons (Fsp3) is 0.611. The van der Waals surface area contributed by atoms with Crippen LogP contribution in [0.2, 0.25) is 0 Å². The van der Waals surface area contributed by atoms with Crippen LogP contribution in [-0.4, -0.2) is 68.0 Å². The first kappa shape index (κ1) is 21.5. The number of hydrogen-bond donors (Lipinski definition) is 2. The second kappa shape index (κ2) is 8.90. The molecule has 1 aliphatic rings. The highest BCUT2D eigenvalue weighted by atomic mass is 19.4. The highest BCUT2D eigenvalue weighted by Gasteiger charge is 2.41. The summed E-state index contributed by atoms with van der Waals surface area (Å²) >= 11 is 0. The lowest BCUT2D eigenvalue weighted by molar-refractivity contribution is -0.158. The number of methoxy groups -OCH3 is 1. The molecule has 1 amide bonds. The molecule has 9 heteroatoms.